The second kappa shape index (κ2) is 7.11. The number of halogens is 1. The Hall–Kier alpha value is -1.03. The van der Waals surface area contributed by atoms with Gasteiger partial charge in [0, 0.05) is 12.6 Å². The molecule has 1 N–H and O–H groups in total. The van der Waals surface area contributed by atoms with Gasteiger partial charge >= 0.3 is 0 Å². The lowest BCUT2D eigenvalue weighted by Crippen LogP contribution is -2.29. The summed E-state index contributed by atoms with van der Waals surface area (Å²) in [5.41, 5.74) is 0.488. The SMILES string of the molecule is CCCn1ncc(NC2CCCCCC2C)c(Cl)c1=O. The smallest absolute Gasteiger partial charge is 0.287 e. The quantitative estimate of drug-likeness (QED) is 0.862. The lowest BCUT2D eigenvalue weighted by Gasteiger charge is -2.24. The minimum atomic E-state index is -0.195. The van der Waals surface area contributed by atoms with Gasteiger partial charge in [-0.05, 0) is 25.2 Å². The normalized spacial score (nSPS) is 23.4. The Morgan fingerprint density at radius 1 is 1.40 bits per heavy atom. The van der Waals surface area contributed by atoms with Crippen LogP contribution in [-0.2, 0) is 6.54 Å². The first kappa shape index (κ1) is 15.4. The summed E-state index contributed by atoms with van der Waals surface area (Å²) in [5.74, 6) is 0.603. The fourth-order valence-electron chi connectivity index (χ4n) is 2.84. The molecule has 1 fully saturated rings. The molecule has 1 aliphatic carbocycles. The standard InChI is InChI=1S/C15H24ClN3O/c1-3-9-19-15(20)14(16)13(10-17-19)18-12-8-6-4-5-7-11(12)2/h10-12,18H,3-9H2,1-2H3. The Kier molecular flexibility index (Phi) is 5.46. The molecule has 0 amide bonds. The van der Waals surface area contributed by atoms with Gasteiger partial charge in [-0.1, -0.05) is 44.7 Å². The molecule has 1 aromatic heterocycles. The lowest BCUT2D eigenvalue weighted by molar-refractivity contribution is 0.456. The second-order valence-corrected chi connectivity index (χ2v) is 6.14. The van der Waals surface area contributed by atoms with Crippen molar-refractivity contribution in [1.82, 2.24) is 9.78 Å². The van der Waals surface area contributed by atoms with Crippen LogP contribution in [0.4, 0.5) is 5.69 Å². The van der Waals surface area contributed by atoms with E-state index in [9.17, 15) is 4.79 Å². The zero-order chi connectivity index (χ0) is 14.5. The molecule has 0 aromatic carbocycles. The van der Waals surface area contributed by atoms with Crippen LogP contribution in [0.1, 0.15) is 52.4 Å². The summed E-state index contributed by atoms with van der Waals surface area (Å²) in [4.78, 5) is 12.1. The molecular formula is C15H24ClN3O. The molecule has 0 aliphatic heterocycles. The van der Waals surface area contributed by atoms with Crippen molar-refractivity contribution in [2.75, 3.05) is 5.32 Å². The highest BCUT2D eigenvalue weighted by molar-refractivity contribution is 6.32. The van der Waals surface area contributed by atoms with Crippen LogP contribution in [0.2, 0.25) is 5.02 Å². The maximum absolute atomic E-state index is 12.1. The molecule has 1 aromatic rings. The number of aryl methyl sites for hydroxylation is 1. The van der Waals surface area contributed by atoms with Crippen LogP contribution in [0.5, 0.6) is 0 Å². The zero-order valence-corrected chi connectivity index (χ0v) is 13.1. The monoisotopic (exact) mass is 297 g/mol. The largest absolute Gasteiger partial charge is 0.379 e. The first-order valence-electron chi connectivity index (χ1n) is 7.65. The van der Waals surface area contributed by atoms with Crippen LogP contribution >= 0.6 is 11.6 Å². The number of anilines is 1. The van der Waals surface area contributed by atoms with Gasteiger partial charge in [0.1, 0.15) is 5.02 Å². The number of nitrogens with zero attached hydrogens (tertiary/aromatic N) is 2. The maximum atomic E-state index is 12.1. The minimum absolute atomic E-state index is 0.195. The number of aromatic nitrogens is 2. The van der Waals surface area contributed by atoms with Gasteiger partial charge in [0.25, 0.3) is 5.56 Å². The third-order valence-electron chi connectivity index (χ3n) is 4.12. The van der Waals surface area contributed by atoms with Gasteiger partial charge in [0.15, 0.2) is 0 Å². The van der Waals surface area contributed by atoms with E-state index < -0.39 is 0 Å². The van der Waals surface area contributed by atoms with E-state index in [1.807, 2.05) is 6.92 Å². The van der Waals surface area contributed by atoms with Gasteiger partial charge in [-0.15, -0.1) is 0 Å². The predicted molar refractivity (Wildman–Crippen MR) is 83.5 cm³/mol. The van der Waals surface area contributed by atoms with E-state index in [-0.39, 0.29) is 10.6 Å². The molecule has 4 nitrogen and oxygen atoms in total. The van der Waals surface area contributed by atoms with E-state index >= 15 is 0 Å². The third-order valence-corrected chi connectivity index (χ3v) is 4.49. The summed E-state index contributed by atoms with van der Waals surface area (Å²) in [5, 5.41) is 7.91. The molecule has 1 heterocycles. The number of rotatable bonds is 4. The topological polar surface area (TPSA) is 46.9 Å². The summed E-state index contributed by atoms with van der Waals surface area (Å²) in [7, 11) is 0. The Morgan fingerprint density at radius 3 is 2.90 bits per heavy atom. The summed E-state index contributed by atoms with van der Waals surface area (Å²) < 4.78 is 1.43. The van der Waals surface area contributed by atoms with E-state index in [1.165, 1.54) is 30.4 Å². The molecule has 0 spiro atoms. The van der Waals surface area contributed by atoms with E-state index in [0.29, 0.717) is 24.2 Å². The Morgan fingerprint density at radius 2 is 2.15 bits per heavy atom. The molecule has 112 valence electrons. The fourth-order valence-corrected chi connectivity index (χ4v) is 3.04. The lowest BCUT2D eigenvalue weighted by atomic mass is 9.97. The summed E-state index contributed by atoms with van der Waals surface area (Å²) >= 11 is 6.21. The van der Waals surface area contributed by atoms with Gasteiger partial charge in [0.05, 0.1) is 11.9 Å². The van der Waals surface area contributed by atoms with Crippen molar-refractivity contribution >= 4 is 17.3 Å². The van der Waals surface area contributed by atoms with Gasteiger partial charge in [0.2, 0.25) is 0 Å². The van der Waals surface area contributed by atoms with Gasteiger partial charge in [-0.3, -0.25) is 4.79 Å². The van der Waals surface area contributed by atoms with Crippen molar-refractivity contribution < 1.29 is 0 Å². The van der Waals surface area contributed by atoms with Crippen LogP contribution in [0, 0.1) is 5.92 Å². The summed E-state index contributed by atoms with van der Waals surface area (Å²) in [6.45, 7) is 4.89. The molecule has 5 heteroatoms. The molecule has 1 saturated carbocycles. The van der Waals surface area contributed by atoms with E-state index in [0.717, 1.165) is 12.8 Å². The molecular weight excluding hydrogens is 274 g/mol. The van der Waals surface area contributed by atoms with Crippen molar-refractivity contribution in [2.24, 2.45) is 5.92 Å². The van der Waals surface area contributed by atoms with Crippen LogP contribution in [0.15, 0.2) is 11.0 Å². The van der Waals surface area contributed by atoms with E-state index in [2.05, 4.69) is 17.3 Å². The third kappa shape index (κ3) is 3.54. The number of hydrogen-bond acceptors (Lipinski definition) is 3. The highest BCUT2D eigenvalue weighted by Crippen LogP contribution is 2.27. The molecule has 20 heavy (non-hydrogen) atoms. The average Bonchev–Trinajstić information content (AvgIpc) is 2.64. The van der Waals surface area contributed by atoms with E-state index in [4.69, 9.17) is 11.6 Å². The molecule has 1 aliphatic rings. The molecule has 0 radical (unpaired) electrons. The van der Waals surface area contributed by atoms with Crippen LogP contribution < -0.4 is 10.9 Å². The Labute approximate surface area is 125 Å². The summed E-state index contributed by atoms with van der Waals surface area (Å²) in [6.07, 6.45) is 8.76. The van der Waals surface area contributed by atoms with Gasteiger partial charge in [-0.2, -0.15) is 5.10 Å². The Balaban J connectivity index is 2.16. The van der Waals surface area contributed by atoms with Crippen molar-refractivity contribution in [3.05, 3.63) is 21.6 Å². The number of nitrogens with one attached hydrogen (secondary N) is 1. The molecule has 0 bridgehead atoms. The van der Waals surface area contributed by atoms with Crippen LogP contribution in [0.25, 0.3) is 0 Å². The molecule has 2 atom stereocenters. The maximum Gasteiger partial charge on any atom is 0.287 e. The highest BCUT2D eigenvalue weighted by Gasteiger charge is 2.21. The zero-order valence-electron chi connectivity index (χ0n) is 12.4. The molecule has 2 rings (SSSR count). The average molecular weight is 298 g/mol. The van der Waals surface area contributed by atoms with Gasteiger partial charge < -0.3 is 5.32 Å². The second-order valence-electron chi connectivity index (χ2n) is 5.77. The predicted octanol–water partition coefficient (Wildman–Crippen LogP) is 3.69. The van der Waals surface area contributed by atoms with Crippen LogP contribution in [0.3, 0.4) is 0 Å². The fraction of sp³-hybridized carbons (Fsp3) is 0.733. The minimum Gasteiger partial charge on any atom is -0.379 e. The Bertz CT molecular complexity index is 500. The summed E-state index contributed by atoms with van der Waals surface area (Å²) in [6, 6.07) is 0.387. The first-order valence-corrected chi connectivity index (χ1v) is 8.03. The first-order chi connectivity index (χ1) is 9.63. The molecule has 2 unspecified atom stereocenters. The van der Waals surface area contributed by atoms with E-state index in [1.54, 1.807) is 6.20 Å². The highest BCUT2D eigenvalue weighted by atomic mass is 35.5. The van der Waals surface area contributed by atoms with Crippen molar-refractivity contribution in [3.8, 4) is 0 Å². The number of hydrogen-bond donors (Lipinski definition) is 1. The van der Waals surface area contributed by atoms with Crippen molar-refractivity contribution in [2.45, 2.75) is 65.0 Å². The van der Waals surface area contributed by atoms with Gasteiger partial charge in [-0.25, -0.2) is 4.68 Å². The van der Waals surface area contributed by atoms with Crippen molar-refractivity contribution in [1.29, 1.82) is 0 Å². The van der Waals surface area contributed by atoms with Crippen molar-refractivity contribution in [3.63, 3.8) is 0 Å². The van der Waals surface area contributed by atoms with Crippen LogP contribution in [-0.4, -0.2) is 15.8 Å². The molecule has 0 saturated heterocycles.